The molecule has 0 atom stereocenters. The average molecular weight is 702 g/mol. The Kier molecular flexibility index (Phi) is 7.17. The summed E-state index contributed by atoms with van der Waals surface area (Å²) in [5.74, 6) is 0. The molecule has 11 rings (SSSR count). The molecule has 0 saturated heterocycles. The van der Waals surface area contributed by atoms with E-state index < -0.39 is 0 Å². The van der Waals surface area contributed by atoms with Gasteiger partial charge in [0.1, 0.15) is 0 Å². The lowest BCUT2D eigenvalue weighted by atomic mass is 9.76. The molecule has 0 unspecified atom stereocenters. The van der Waals surface area contributed by atoms with Gasteiger partial charge in [-0.05, 0) is 105 Å². The fourth-order valence-corrected chi connectivity index (χ4v) is 11.5. The highest BCUT2D eigenvalue weighted by Crippen LogP contribution is 2.59. The van der Waals surface area contributed by atoms with Crippen LogP contribution in [0.1, 0.15) is 69.2 Å². The van der Waals surface area contributed by atoms with Crippen LogP contribution in [-0.4, -0.2) is 0 Å². The van der Waals surface area contributed by atoms with Crippen molar-refractivity contribution in [3.05, 3.63) is 174 Å². The topological polar surface area (TPSA) is 3.24 Å². The van der Waals surface area contributed by atoms with Gasteiger partial charge < -0.3 is 4.90 Å². The van der Waals surface area contributed by atoms with Gasteiger partial charge in [-0.1, -0.05) is 149 Å². The van der Waals surface area contributed by atoms with Gasteiger partial charge in [-0.25, -0.2) is 0 Å². The molecule has 3 aliphatic rings. The third kappa shape index (κ3) is 4.49. The van der Waals surface area contributed by atoms with Crippen LogP contribution in [0.15, 0.2) is 152 Å². The zero-order valence-electron chi connectivity index (χ0n) is 29.6. The van der Waals surface area contributed by atoms with Gasteiger partial charge >= 0.3 is 0 Å². The van der Waals surface area contributed by atoms with Crippen molar-refractivity contribution in [2.75, 3.05) is 4.90 Å². The molecule has 1 spiro atoms. The molecular weight excluding hydrogens is 659 g/mol. The summed E-state index contributed by atoms with van der Waals surface area (Å²) in [6, 6.07) is 57.4. The number of benzene rings is 7. The number of hydrogen-bond donors (Lipinski definition) is 0. The maximum Gasteiger partial charge on any atom is 0.0508 e. The zero-order valence-corrected chi connectivity index (χ0v) is 30.4. The predicted molar refractivity (Wildman–Crippen MR) is 228 cm³/mol. The number of thiophene rings is 1. The van der Waals surface area contributed by atoms with Crippen LogP contribution in [0.4, 0.5) is 17.1 Å². The van der Waals surface area contributed by atoms with Gasteiger partial charge in [-0.15, -0.1) is 11.3 Å². The summed E-state index contributed by atoms with van der Waals surface area (Å²) in [5, 5.41) is 2.68. The highest BCUT2D eigenvalue weighted by molar-refractivity contribution is 7.26. The van der Waals surface area contributed by atoms with E-state index in [0.717, 1.165) is 0 Å². The average Bonchev–Trinajstić information content (AvgIpc) is 3.95. The van der Waals surface area contributed by atoms with E-state index in [9.17, 15) is 0 Å². The first kappa shape index (κ1) is 32.2. The predicted octanol–water partition coefficient (Wildman–Crippen LogP) is 15.0. The van der Waals surface area contributed by atoms with Gasteiger partial charge in [0.15, 0.2) is 0 Å². The SMILES string of the molecule is C.CC1(C)c2ccccc2-c2cccc(N(c3ccc(-c4cccc5c4sc4ccccc45)cc3)c3ccc4c(c3)C3(CCCC3)c3ccccc3-4)c21. The van der Waals surface area contributed by atoms with Crippen molar-refractivity contribution in [2.45, 2.75) is 57.8 Å². The van der Waals surface area contributed by atoms with E-state index in [0.29, 0.717) is 0 Å². The Balaban J connectivity index is 0.00000349. The van der Waals surface area contributed by atoms with E-state index in [1.807, 2.05) is 11.3 Å². The summed E-state index contributed by atoms with van der Waals surface area (Å²) in [4.78, 5) is 2.56. The number of nitrogens with zero attached hydrogens (tertiary/aromatic N) is 1. The Labute approximate surface area is 317 Å². The number of anilines is 3. The van der Waals surface area contributed by atoms with Crippen LogP contribution in [-0.2, 0) is 10.8 Å². The third-order valence-corrected chi connectivity index (χ3v) is 13.8. The molecule has 0 N–H and O–H groups in total. The summed E-state index contributed by atoms with van der Waals surface area (Å²) < 4.78 is 2.70. The fraction of sp³-hybridized carbons (Fsp3) is 0.176. The number of rotatable bonds is 4. The van der Waals surface area contributed by atoms with Crippen molar-refractivity contribution in [3.8, 4) is 33.4 Å². The summed E-state index contributed by atoms with van der Waals surface area (Å²) in [7, 11) is 0. The Morgan fingerprint density at radius 3 is 1.92 bits per heavy atom. The second kappa shape index (κ2) is 11.8. The molecule has 53 heavy (non-hydrogen) atoms. The molecule has 8 aromatic rings. The standard InChI is InChI=1S/C50H39NS.CH4/c1-49(2)42-19-6-3-14-37(42)40-17-12-21-45(47(40)49)51(34-27-28-38-36-13-4-7-20-43(36)50(44(38)31-34)29-9-10-30-50)33-25-23-32(24-26-33)35-16-11-18-41-39-15-5-8-22-46(39)52-48(35)41;/h3-8,11-28,31H,9-10,29-30H2,1-2H3;1H4. The molecule has 0 aliphatic heterocycles. The second-order valence-electron chi connectivity index (χ2n) is 15.6. The van der Waals surface area contributed by atoms with Gasteiger partial charge in [0.2, 0.25) is 0 Å². The molecule has 7 aromatic carbocycles. The lowest BCUT2D eigenvalue weighted by Gasteiger charge is -2.33. The van der Waals surface area contributed by atoms with Crippen LogP contribution in [0, 0.1) is 0 Å². The van der Waals surface area contributed by atoms with Gasteiger partial charge in [-0.3, -0.25) is 0 Å². The highest BCUT2D eigenvalue weighted by Gasteiger charge is 2.45. The summed E-state index contributed by atoms with van der Waals surface area (Å²) in [5.41, 5.74) is 17.6. The lowest BCUT2D eigenvalue weighted by Crippen LogP contribution is -2.22. The number of fused-ring (bicyclic) bond motifs is 11. The van der Waals surface area contributed by atoms with Gasteiger partial charge in [0, 0.05) is 42.4 Å². The minimum atomic E-state index is -0.142. The van der Waals surface area contributed by atoms with E-state index in [1.54, 1.807) is 0 Å². The quantitative estimate of drug-likeness (QED) is 0.177. The van der Waals surface area contributed by atoms with Crippen LogP contribution in [0.25, 0.3) is 53.6 Å². The highest BCUT2D eigenvalue weighted by atomic mass is 32.1. The van der Waals surface area contributed by atoms with Crippen molar-refractivity contribution < 1.29 is 0 Å². The van der Waals surface area contributed by atoms with Crippen LogP contribution in [0.3, 0.4) is 0 Å². The smallest absolute Gasteiger partial charge is 0.0508 e. The number of hydrogen-bond acceptors (Lipinski definition) is 2. The van der Waals surface area contributed by atoms with E-state index in [1.165, 1.54) is 119 Å². The van der Waals surface area contributed by atoms with Gasteiger partial charge in [0.25, 0.3) is 0 Å². The largest absolute Gasteiger partial charge is 0.310 e. The maximum atomic E-state index is 2.56. The monoisotopic (exact) mass is 701 g/mol. The minimum absolute atomic E-state index is 0. The van der Waals surface area contributed by atoms with E-state index >= 15 is 0 Å². The van der Waals surface area contributed by atoms with Crippen molar-refractivity contribution >= 4 is 48.6 Å². The van der Waals surface area contributed by atoms with Crippen LogP contribution >= 0.6 is 11.3 Å². The normalized spacial score (nSPS) is 15.6. The molecule has 2 heteroatoms. The molecule has 0 bridgehead atoms. The molecule has 1 saturated carbocycles. The molecular formula is C51H43NS. The molecule has 0 amide bonds. The van der Waals surface area contributed by atoms with Crippen LogP contribution in [0.5, 0.6) is 0 Å². The Bertz CT molecular complexity index is 2720. The van der Waals surface area contributed by atoms with E-state index in [-0.39, 0.29) is 18.3 Å². The van der Waals surface area contributed by atoms with E-state index in [4.69, 9.17) is 0 Å². The van der Waals surface area contributed by atoms with Crippen molar-refractivity contribution in [1.82, 2.24) is 0 Å². The third-order valence-electron chi connectivity index (χ3n) is 12.6. The van der Waals surface area contributed by atoms with Crippen LogP contribution < -0.4 is 4.90 Å². The van der Waals surface area contributed by atoms with Crippen molar-refractivity contribution in [1.29, 1.82) is 0 Å². The molecule has 3 aliphatic carbocycles. The Morgan fingerprint density at radius 1 is 0.509 bits per heavy atom. The van der Waals surface area contributed by atoms with Crippen molar-refractivity contribution in [2.24, 2.45) is 0 Å². The molecule has 1 heterocycles. The van der Waals surface area contributed by atoms with Crippen LogP contribution in [0.2, 0.25) is 0 Å². The molecule has 258 valence electrons. The summed E-state index contributed by atoms with van der Waals surface area (Å²) in [6.07, 6.45) is 5.02. The zero-order chi connectivity index (χ0) is 34.6. The first-order chi connectivity index (χ1) is 25.5. The lowest BCUT2D eigenvalue weighted by molar-refractivity contribution is 0.550. The fourth-order valence-electron chi connectivity index (χ4n) is 10.3. The first-order valence-corrected chi connectivity index (χ1v) is 19.6. The molecule has 1 fully saturated rings. The minimum Gasteiger partial charge on any atom is -0.310 e. The van der Waals surface area contributed by atoms with Gasteiger partial charge in [0.05, 0.1) is 5.69 Å². The first-order valence-electron chi connectivity index (χ1n) is 18.8. The second-order valence-corrected chi connectivity index (χ2v) is 16.6. The molecule has 0 radical (unpaired) electrons. The maximum absolute atomic E-state index is 2.56. The molecule has 1 aromatic heterocycles. The van der Waals surface area contributed by atoms with Gasteiger partial charge in [-0.2, -0.15) is 0 Å². The Morgan fingerprint density at radius 2 is 1.11 bits per heavy atom. The Hall–Kier alpha value is -5.44. The molecule has 1 nitrogen and oxygen atoms in total. The summed E-state index contributed by atoms with van der Waals surface area (Å²) >= 11 is 1.90. The van der Waals surface area contributed by atoms with Crippen molar-refractivity contribution in [3.63, 3.8) is 0 Å². The summed E-state index contributed by atoms with van der Waals surface area (Å²) in [6.45, 7) is 4.81. The van der Waals surface area contributed by atoms with E-state index in [2.05, 4.69) is 170 Å².